The molecule has 2 N–H and O–H groups in total. The second-order valence-electron chi connectivity index (χ2n) is 5.36. The van der Waals surface area contributed by atoms with E-state index < -0.39 is 6.36 Å². The van der Waals surface area contributed by atoms with Crippen molar-refractivity contribution in [1.29, 1.82) is 0 Å². The molecule has 0 fully saturated rings. The average Bonchev–Trinajstić information content (AvgIpc) is 2.56. The summed E-state index contributed by atoms with van der Waals surface area (Å²) in [5.74, 6) is -0.261. The van der Waals surface area contributed by atoms with Crippen molar-refractivity contribution in [2.24, 2.45) is 0 Å². The number of halogens is 3. The number of hydrogen-bond donors (Lipinski definition) is 2. The second-order valence-corrected chi connectivity index (χ2v) is 5.36. The third kappa shape index (κ3) is 7.60. The highest BCUT2D eigenvalue weighted by molar-refractivity contribution is 5.73. The quantitative estimate of drug-likeness (QED) is 0.799. The highest BCUT2D eigenvalue weighted by Gasteiger charge is 2.30. The van der Waals surface area contributed by atoms with Crippen LogP contribution in [0.25, 0.3) is 0 Å². The molecule has 2 aromatic carbocycles. The van der Waals surface area contributed by atoms with Crippen molar-refractivity contribution in [3.05, 3.63) is 65.7 Å². The van der Waals surface area contributed by atoms with Crippen molar-refractivity contribution < 1.29 is 22.7 Å². The molecule has 0 aliphatic rings. The number of carbonyl (C=O) groups excluding carboxylic acids is 1. The largest absolute Gasteiger partial charge is 0.573 e. The van der Waals surface area contributed by atoms with Gasteiger partial charge in [-0.15, -0.1) is 13.2 Å². The molecule has 2 amide bonds. The highest BCUT2D eigenvalue weighted by atomic mass is 19.4. The standard InChI is InChI=1S/C18H19F3N2O2/c19-18(20,21)25-16-8-6-15(7-9-16)11-13-23-17(24)22-12-10-14-4-2-1-3-5-14/h1-9H,10-13H2,(H2,22,23,24). The number of benzene rings is 2. The van der Waals surface area contributed by atoms with Crippen LogP contribution in [0.2, 0.25) is 0 Å². The molecule has 2 rings (SSSR count). The van der Waals surface area contributed by atoms with Crippen LogP contribution in [0.15, 0.2) is 54.6 Å². The summed E-state index contributed by atoms with van der Waals surface area (Å²) in [4.78, 5) is 11.7. The number of rotatable bonds is 7. The van der Waals surface area contributed by atoms with Gasteiger partial charge in [0.25, 0.3) is 0 Å². The number of urea groups is 1. The van der Waals surface area contributed by atoms with E-state index in [0.717, 1.165) is 17.5 Å². The van der Waals surface area contributed by atoms with Crippen LogP contribution in [0.1, 0.15) is 11.1 Å². The van der Waals surface area contributed by atoms with Gasteiger partial charge in [0.2, 0.25) is 0 Å². The summed E-state index contributed by atoms with van der Waals surface area (Å²) in [5, 5.41) is 5.47. The maximum atomic E-state index is 12.1. The molecule has 0 saturated carbocycles. The molecule has 7 heteroatoms. The first-order valence-electron chi connectivity index (χ1n) is 7.83. The molecule has 0 bridgehead atoms. The first kappa shape index (κ1) is 18.6. The number of nitrogens with one attached hydrogen (secondary N) is 2. The Hall–Kier alpha value is -2.70. The van der Waals surface area contributed by atoms with Gasteiger partial charge >= 0.3 is 12.4 Å². The molecule has 2 aromatic rings. The fourth-order valence-corrected chi connectivity index (χ4v) is 2.21. The maximum Gasteiger partial charge on any atom is 0.573 e. The molecule has 0 aromatic heterocycles. The first-order valence-corrected chi connectivity index (χ1v) is 7.83. The summed E-state index contributed by atoms with van der Waals surface area (Å²) < 4.78 is 40.0. The van der Waals surface area contributed by atoms with Crippen LogP contribution in [-0.2, 0) is 12.8 Å². The van der Waals surface area contributed by atoms with Gasteiger partial charge in [0, 0.05) is 13.1 Å². The van der Waals surface area contributed by atoms with Crippen LogP contribution in [0.4, 0.5) is 18.0 Å². The minimum Gasteiger partial charge on any atom is -0.406 e. The van der Waals surface area contributed by atoms with E-state index in [2.05, 4.69) is 15.4 Å². The van der Waals surface area contributed by atoms with Crippen molar-refractivity contribution in [3.63, 3.8) is 0 Å². The lowest BCUT2D eigenvalue weighted by Gasteiger charge is -2.10. The van der Waals surface area contributed by atoms with Crippen molar-refractivity contribution in [2.75, 3.05) is 13.1 Å². The summed E-state index contributed by atoms with van der Waals surface area (Å²) in [5.41, 5.74) is 1.95. The zero-order valence-electron chi connectivity index (χ0n) is 13.5. The van der Waals surface area contributed by atoms with Crippen molar-refractivity contribution >= 4 is 6.03 Å². The molecule has 25 heavy (non-hydrogen) atoms. The molecule has 0 spiro atoms. The van der Waals surface area contributed by atoms with Crippen LogP contribution in [0, 0.1) is 0 Å². The molecule has 0 unspecified atom stereocenters. The van der Waals surface area contributed by atoms with E-state index in [1.807, 2.05) is 30.3 Å². The smallest absolute Gasteiger partial charge is 0.406 e. The Labute approximate surface area is 144 Å². The highest BCUT2D eigenvalue weighted by Crippen LogP contribution is 2.22. The molecule has 0 saturated heterocycles. The number of amides is 2. The zero-order chi connectivity index (χ0) is 18.1. The Morgan fingerprint density at radius 1 is 0.840 bits per heavy atom. The van der Waals surface area contributed by atoms with Gasteiger partial charge in [-0.3, -0.25) is 0 Å². The number of alkyl halides is 3. The van der Waals surface area contributed by atoms with Crippen molar-refractivity contribution in [3.8, 4) is 5.75 Å². The number of carbonyl (C=O) groups is 1. The molecule has 0 heterocycles. The lowest BCUT2D eigenvalue weighted by Crippen LogP contribution is -2.37. The lowest BCUT2D eigenvalue weighted by atomic mass is 10.1. The molecule has 134 valence electrons. The predicted molar refractivity (Wildman–Crippen MR) is 88.4 cm³/mol. The molecule has 0 aliphatic heterocycles. The van der Waals surface area contributed by atoms with Gasteiger partial charge in [0.05, 0.1) is 0 Å². The van der Waals surface area contributed by atoms with E-state index in [0.29, 0.717) is 19.5 Å². The van der Waals surface area contributed by atoms with Gasteiger partial charge in [-0.1, -0.05) is 42.5 Å². The van der Waals surface area contributed by atoms with Crippen molar-refractivity contribution in [1.82, 2.24) is 10.6 Å². The van der Waals surface area contributed by atoms with Gasteiger partial charge < -0.3 is 15.4 Å². The van der Waals surface area contributed by atoms with Gasteiger partial charge in [-0.05, 0) is 36.1 Å². The Bertz CT molecular complexity index is 658. The summed E-state index contributed by atoms with van der Waals surface area (Å²) in [7, 11) is 0. The Morgan fingerprint density at radius 2 is 1.36 bits per heavy atom. The predicted octanol–water partition coefficient (Wildman–Crippen LogP) is 3.67. The fourth-order valence-electron chi connectivity index (χ4n) is 2.21. The monoisotopic (exact) mass is 352 g/mol. The summed E-state index contributed by atoms with van der Waals surface area (Å²) in [6.45, 7) is 0.913. The summed E-state index contributed by atoms with van der Waals surface area (Å²) in [6.07, 6.45) is -3.44. The first-order chi connectivity index (χ1) is 11.9. The van der Waals surface area contributed by atoms with E-state index in [9.17, 15) is 18.0 Å². The van der Waals surface area contributed by atoms with Crippen LogP contribution < -0.4 is 15.4 Å². The third-order valence-electron chi connectivity index (χ3n) is 3.40. The van der Waals surface area contributed by atoms with Gasteiger partial charge in [-0.25, -0.2) is 4.79 Å². The average molecular weight is 352 g/mol. The van der Waals surface area contributed by atoms with Crippen LogP contribution in [0.3, 0.4) is 0 Å². The van der Waals surface area contributed by atoms with Gasteiger partial charge in [0.15, 0.2) is 0 Å². The van der Waals surface area contributed by atoms with E-state index in [1.54, 1.807) is 0 Å². The lowest BCUT2D eigenvalue weighted by molar-refractivity contribution is -0.274. The third-order valence-corrected chi connectivity index (χ3v) is 3.40. The minimum atomic E-state index is -4.69. The van der Waals surface area contributed by atoms with Crippen LogP contribution in [0.5, 0.6) is 5.75 Å². The SMILES string of the molecule is O=C(NCCc1ccccc1)NCCc1ccc(OC(F)(F)F)cc1. The topological polar surface area (TPSA) is 50.4 Å². The van der Waals surface area contributed by atoms with Gasteiger partial charge in [0.1, 0.15) is 5.75 Å². The molecule has 4 nitrogen and oxygen atoms in total. The van der Waals surface area contributed by atoms with Crippen LogP contribution >= 0.6 is 0 Å². The molecule has 0 atom stereocenters. The van der Waals surface area contributed by atoms with E-state index >= 15 is 0 Å². The number of ether oxygens (including phenoxy) is 1. The van der Waals surface area contributed by atoms with Gasteiger partial charge in [-0.2, -0.15) is 0 Å². The Balaban J connectivity index is 1.63. The molecular weight excluding hydrogens is 333 g/mol. The zero-order valence-corrected chi connectivity index (χ0v) is 13.5. The molecule has 0 radical (unpaired) electrons. The summed E-state index contributed by atoms with van der Waals surface area (Å²) in [6, 6.07) is 15.1. The normalized spacial score (nSPS) is 11.0. The maximum absolute atomic E-state index is 12.1. The summed E-state index contributed by atoms with van der Waals surface area (Å²) >= 11 is 0. The van der Waals surface area contributed by atoms with Crippen molar-refractivity contribution in [2.45, 2.75) is 19.2 Å². The minimum absolute atomic E-state index is 0.261. The Morgan fingerprint density at radius 3 is 1.88 bits per heavy atom. The fraction of sp³-hybridized carbons (Fsp3) is 0.278. The molecule has 0 aliphatic carbocycles. The van der Waals surface area contributed by atoms with E-state index in [1.165, 1.54) is 24.3 Å². The van der Waals surface area contributed by atoms with E-state index in [4.69, 9.17) is 0 Å². The number of hydrogen-bond acceptors (Lipinski definition) is 2. The molecular formula is C18H19F3N2O2. The van der Waals surface area contributed by atoms with E-state index in [-0.39, 0.29) is 11.8 Å². The van der Waals surface area contributed by atoms with Crippen LogP contribution in [-0.4, -0.2) is 25.5 Å². The Kier molecular flexibility index (Phi) is 6.68. The second kappa shape index (κ2) is 8.96.